The molecule has 0 saturated carbocycles. The summed E-state index contributed by atoms with van der Waals surface area (Å²) in [6, 6.07) is 6.70. The summed E-state index contributed by atoms with van der Waals surface area (Å²) >= 11 is 0. The molecule has 0 aliphatic heterocycles. The Morgan fingerprint density at radius 1 is 1.26 bits per heavy atom. The molecule has 1 aromatic rings. The number of carbonyl (C=O) groups is 1. The quantitative estimate of drug-likeness (QED) is 0.825. The van der Waals surface area contributed by atoms with Gasteiger partial charge in [-0.25, -0.2) is 4.39 Å². The van der Waals surface area contributed by atoms with Gasteiger partial charge in [0.25, 0.3) is 0 Å². The molecule has 0 spiro atoms. The van der Waals surface area contributed by atoms with Crippen LogP contribution in [0, 0.1) is 5.82 Å². The number of hydrogen-bond donors (Lipinski definition) is 1. The molecule has 1 N–H and O–H groups in total. The van der Waals surface area contributed by atoms with E-state index < -0.39 is 5.97 Å². The number of carboxylic acids is 1. The second-order valence-electron chi connectivity index (χ2n) is 5.00. The number of carboxylic acid groups (broad SMARTS) is 1. The Kier molecular flexibility index (Phi) is 5.96. The van der Waals surface area contributed by atoms with Crippen LogP contribution in [0.3, 0.4) is 0 Å². The van der Waals surface area contributed by atoms with Gasteiger partial charge in [0, 0.05) is 12.1 Å². The molecule has 0 bridgehead atoms. The molecule has 2 unspecified atom stereocenters. The van der Waals surface area contributed by atoms with Crippen LogP contribution >= 0.6 is 0 Å². The highest BCUT2D eigenvalue weighted by Gasteiger charge is 2.21. The van der Waals surface area contributed by atoms with Crippen LogP contribution in [0.4, 0.5) is 4.39 Å². The Balaban J connectivity index is 2.72. The summed E-state index contributed by atoms with van der Waals surface area (Å²) in [5, 5.41) is 8.99. The molecule has 0 aliphatic carbocycles. The zero-order chi connectivity index (χ0) is 14.4. The molecule has 1 rings (SSSR count). The van der Waals surface area contributed by atoms with Crippen molar-refractivity contribution in [3.63, 3.8) is 0 Å². The topological polar surface area (TPSA) is 40.5 Å². The second-order valence-corrected chi connectivity index (χ2v) is 5.00. The Labute approximate surface area is 114 Å². The van der Waals surface area contributed by atoms with Crippen molar-refractivity contribution in [2.75, 3.05) is 6.54 Å². The first kappa shape index (κ1) is 15.6. The van der Waals surface area contributed by atoms with E-state index in [-0.39, 0.29) is 24.4 Å². The number of halogens is 1. The molecule has 0 fully saturated rings. The standard InChI is InChI=1S/C15H22FNO2/c1-4-11(2)17(10-15(18)19)12(3)9-13-5-7-14(16)8-6-13/h5-8,11-12H,4,9-10H2,1-3H3,(H,18,19). The molecule has 2 atom stereocenters. The van der Waals surface area contributed by atoms with E-state index in [1.165, 1.54) is 12.1 Å². The lowest BCUT2D eigenvalue weighted by Gasteiger charge is -2.32. The minimum atomic E-state index is -0.814. The van der Waals surface area contributed by atoms with E-state index >= 15 is 0 Å². The van der Waals surface area contributed by atoms with Gasteiger partial charge in [-0.1, -0.05) is 19.1 Å². The maximum atomic E-state index is 12.8. The Hall–Kier alpha value is -1.42. The molecular weight excluding hydrogens is 245 g/mol. The molecule has 3 nitrogen and oxygen atoms in total. The van der Waals surface area contributed by atoms with Crippen molar-refractivity contribution >= 4 is 5.97 Å². The van der Waals surface area contributed by atoms with E-state index in [2.05, 4.69) is 0 Å². The van der Waals surface area contributed by atoms with Crippen molar-refractivity contribution < 1.29 is 14.3 Å². The first-order chi connectivity index (χ1) is 8.93. The number of nitrogens with zero attached hydrogens (tertiary/aromatic N) is 1. The van der Waals surface area contributed by atoms with E-state index in [1.807, 2.05) is 25.7 Å². The number of benzene rings is 1. The van der Waals surface area contributed by atoms with Crippen LogP contribution in [0.5, 0.6) is 0 Å². The zero-order valence-corrected chi connectivity index (χ0v) is 11.8. The lowest BCUT2D eigenvalue weighted by molar-refractivity contribution is -0.139. The lowest BCUT2D eigenvalue weighted by Crippen LogP contribution is -2.44. The van der Waals surface area contributed by atoms with E-state index in [1.54, 1.807) is 12.1 Å². The fraction of sp³-hybridized carbons (Fsp3) is 0.533. The SMILES string of the molecule is CCC(C)N(CC(=O)O)C(C)Cc1ccc(F)cc1. The molecule has 19 heavy (non-hydrogen) atoms. The van der Waals surface area contributed by atoms with Crippen LogP contribution in [0.25, 0.3) is 0 Å². The normalized spacial score (nSPS) is 14.4. The minimum absolute atomic E-state index is 0.0391. The van der Waals surface area contributed by atoms with Crippen molar-refractivity contribution in [3.05, 3.63) is 35.6 Å². The minimum Gasteiger partial charge on any atom is -0.480 e. The maximum Gasteiger partial charge on any atom is 0.317 e. The van der Waals surface area contributed by atoms with Gasteiger partial charge in [0.15, 0.2) is 0 Å². The molecule has 0 amide bonds. The van der Waals surface area contributed by atoms with Crippen molar-refractivity contribution in [2.24, 2.45) is 0 Å². The summed E-state index contributed by atoms with van der Waals surface area (Å²) in [5.41, 5.74) is 1.02. The molecule has 0 saturated heterocycles. The molecular formula is C15H22FNO2. The van der Waals surface area contributed by atoms with Crippen molar-refractivity contribution in [3.8, 4) is 0 Å². The molecule has 4 heteroatoms. The van der Waals surface area contributed by atoms with Crippen LogP contribution in [0.15, 0.2) is 24.3 Å². The smallest absolute Gasteiger partial charge is 0.317 e. The van der Waals surface area contributed by atoms with Gasteiger partial charge in [-0.2, -0.15) is 0 Å². The van der Waals surface area contributed by atoms with Gasteiger partial charge in [0.2, 0.25) is 0 Å². The Morgan fingerprint density at radius 3 is 2.32 bits per heavy atom. The fourth-order valence-corrected chi connectivity index (χ4v) is 2.22. The van der Waals surface area contributed by atoms with Crippen LogP contribution in [-0.2, 0) is 11.2 Å². The largest absolute Gasteiger partial charge is 0.480 e. The maximum absolute atomic E-state index is 12.8. The lowest BCUT2D eigenvalue weighted by atomic mass is 10.0. The first-order valence-corrected chi connectivity index (χ1v) is 6.66. The first-order valence-electron chi connectivity index (χ1n) is 6.66. The third-order valence-electron chi connectivity index (χ3n) is 3.49. The monoisotopic (exact) mass is 267 g/mol. The third kappa shape index (κ3) is 4.99. The van der Waals surface area contributed by atoms with Gasteiger partial charge in [-0.15, -0.1) is 0 Å². The highest BCUT2D eigenvalue weighted by Crippen LogP contribution is 2.14. The molecule has 0 aromatic heterocycles. The van der Waals surface area contributed by atoms with Crippen LogP contribution in [0.2, 0.25) is 0 Å². The molecule has 0 aliphatic rings. The summed E-state index contributed by atoms with van der Waals surface area (Å²) in [6.45, 7) is 6.13. The average Bonchev–Trinajstić information content (AvgIpc) is 2.37. The average molecular weight is 267 g/mol. The molecule has 106 valence electrons. The van der Waals surface area contributed by atoms with Gasteiger partial charge >= 0.3 is 5.97 Å². The summed E-state index contributed by atoms with van der Waals surface area (Å²) in [5.74, 6) is -1.06. The molecule has 1 aromatic carbocycles. The Bertz CT molecular complexity index is 405. The highest BCUT2D eigenvalue weighted by atomic mass is 19.1. The van der Waals surface area contributed by atoms with Crippen molar-refractivity contribution in [1.82, 2.24) is 4.90 Å². The summed E-state index contributed by atoms with van der Waals surface area (Å²) < 4.78 is 12.8. The van der Waals surface area contributed by atoms with Gasteiger partial charge in [0.1, 0.15) is 5.82 Å². The summed E-state index contributed by atoms with van der Waals surface area (Å²) in [6.07, 6.45) is 1.62. The fourth-order valence-electron chi connectivity index (χ4n) is 2.22. The number of hydrogen-bond acceptors (Lipinski definition) is 2. The van der Waals surface area contributed by atoms with E-state index in [4.69, 9.17) is 5.11 Å². The zero-order valence-electron chi connectivity index (χ0n) is 11.8. The van der Waals surface area contributed by atoms with E-state index in [9.17, 15) is 9.18 Å². The van der Waals surface area contributed by atoms with Crippen molar-refractivity contribution in [1.29, 1.82) is 0 Å². The van der Waals surface area contributed by atoms with Gasteiger partial charge in [0.05, 0.1) is 6.54 Å². The number of aliphatic carboxylic acids is 1. The van der Waals surface area contributed by atoms with Crippen molar-refractivity contribution in [2.45, 2.75) is 45.7 Å². The second kappa shape index (κ2) is 7.24. The predicted octanol–water partition coefficient (Wildman–Crippen LogP) is 2.94. The Morgan fingerprint density at radius 2 is 1.84 bits per heavy atom. The van der Waals surface area contributed by atoms with Crippen LogP contribution in [0.1, 0.15) is 32.8 Å². The van der Waals surface area contributed by atoms with E-state index in [0.29, 0.717) is 0 Å². The van der Waals surface area contributed by atoms with Gasteiger partial charge in [-0.05, 0) is 44.4 Å². The van der Waals surface area contributed by atoms with Crippen LogP contribution in [-0.4, -0.2) is 34.6 Å². The third-order valence-corrected chi connectivity index (χ3v) is 3.49. The highest BCUT2D eigenvalue weighted by molar-refractivity contribution is 5.69. The predicted molar refractivity (Wildman–Crippen MR) is 73.7 cm³/mol. The molecule has 0 radical (unpaired) electrons. The summed E-state index contributed by atoms with van der Waals surface area (Å²) in [4.78, 5) is 12.9. The van der Waals surface area contributed by atoms with Gasteiger partial charge < -0.3 is 5.11 Å². The van der Waals surface area contributed by atoms with Crippen LogP contribution < -0.4 is 0 Å². The summed E-state index contributed by atoms with van der Waals surface area (Å²) in [7, 11) is 0. The van der Waals surface area contributed by atoms with Gasteiger partial charge in [-0.3, -0.25) is 9.69 Å². The molecule has 0 heterocycles. The number of rotatable bonds is 7. The van der Waals surface area contributed by atoms with E-state index in [0.717, 1.165) is 18.4 Å².